The minimum absolute atomic E-state index is 0.319. The average molecular weight is 402 g/mol. The van der Waals surface area contributed by atoms with Gasteiger partial charge in [0.25, 0.3) is 0 Å². The van der Waals surface area contributed by atoms with E-state index >= 15 is 0 Å². The molecule has 0 aliphatic carbocycles. The summed E-state index contributed by atoms with van der Waals surface area (Å²) in [4.78, 5) is 16.0. The van der Waals surface area contributed by atoms with Gasteiger partial charge in [-0.1, -0.05) is 18.2 Å². The first kappa shape index (κ1) is 19.7. The van der Waals surface area contributed by atoms with Crippen molar-refractivity contribution in [3.8, 4) is 11.1 Å². The van der Waals surface area contributed by atoms with Crippen LogP contribution in [0, 0.1) is 5.82 Å². The highest BCUT2D eigenvalue weighted by Gasteiger charge is 2.21. The molecule has 0 spiro atoms. The van der Waals surface area contributed by atoms with Crippen LogP contribution in [0.4, 0.5) is 15.8 Å². The molecule has 2 N–H and O–H groups in total. The zero-order chi connectivity index (χ0) is 21.3. The number of fused-ring (bicyclic) bond motifs is 1. The van der Waals surface area contributed by atoms with Crippen molar-refractivity contribution in [1.82, 2.24) is 4.98 Å². The third-order valence-electron chi connectivity index (χ3n) is 4.67. The molecular formula is C25H23FN2O2. The molecule has 1 heterocycles. The minimum Gasteiger partial charge on any atom is -0.456 e. The maximum absolute atomic E-state index is 13.3. The van der Waals surface area contributed by atoms with Crippen LogP contribution in [-0.2, 0) is 4.74 Å². The van der Waals surface area contributed by atoms with Gasteiger partial charge in [-0.2, -0.15) is 0 Å². The molecule has 0 aliphatic rings. The topological polar surface area (TPSA) is 54.1 Å². The Hall–Kier alpha value is -3.60. The van der Waals surface area contributed by atoms with Crippen molar-refractivity contribution in [2.24, 2.45) is 0 Å². The first-order valence-corrected chi connectivity index (χ1v) is 9.77. The van der Waals surface area contributed by atoms with Gasteiger partial charge < -0.3 is 15.0 Å². The molecule has 3 aromatic carbocycles. The highest BCUT2D eigenvalue weighted by Crippen LogP contribution is 2.33. The van der Waals surface area contributed by atoms with E-state index in [-0.39, 0.29) is 5.82 Å². The summed E-state index contributed by atoms with van der Waals surface area (Å²) >= 11 is 0. The lowest BCUT2D eigenvalue weighted by molar-refractivity contribution is 0.00708. The van der Waals surface area contributed by atoms with Gasteiger partial charge in [-0.3, -0.25) is 0 Å². The van der Waals surface area contributed by atoms with Crippen molar-refractivity contribution in [1.29, 1.82) is 0 Å². The zero-order valence-corrected chi connectivity index (χ0v) is 17.1. The summed E-state index contributed by atoms with van der Waals surface area (Å²) in [5.41, 5.74) is 4.12. The molecule has 0 amide bonds. The Balaban J connectivity index is 1.80. The zero-order valence-electron chi connectivity index (χ0n) is 17.1. The number of H-pyrrole nitrogens is 1. The van der Waals surface area contributed by atoms with Crippen molar-refractivity contribution in [3.63, 3.8) is 0 Å². The quantitative estimate of drug-likeness (QED) is 0.375. The van der Waals surface area contributed by atoms with Gasteiger partial charge in [-0.15, -0.1) is 0 Å². The summed E-state index contributed by atoms with van der Waals surface area (Å²) in [5, 5.41) is 4.34. The Labute approximate surface area is 174 Å². The van der Waals surface area contributed by atoms with Gasteiger partial charge in [0.1, 0.15) is 11.4 Å². The minimum atomic E-state index is -0.611. The average Bonchev–Trinajstić information content (AvgIpc) is 3.17. The monoisotopic (exact) mass is 402 g/mol. The van der Waals surface area contributed by atoms with E-state index < -0.39 is 11.6 Å². The molecule has 152 valence electrons. The number of halogens is 1. The van der Waals surface area contributed by atoms with Crippen LogP contribution in [0.25, 0.3) is 22.0 Å². The summed E-state index contributed by atoms with van der Waals surface area (Å²) in [5.74, 6) is -0.737. The van der Waals surface area contributed by atoms with E-state index in [1.165, 1.54) is 12.1 Å². The molecule has 4 aromatic rings. The standard InChI is InChI=1S/C25H23FN2O2/c1-25(2,3)30-24(29)21-12-7-16(19-5-4-6-22-20(19)13-14-27-22)15-23(21)28-18-10-8-17(26)9-11-18/h4-15,27-28H,1-3H3. The van der Waals surface area contributed by atoms with Crippen LogP contribution in [0.1, 0.15) is 31.1 Å². The lowest BCUT2D eigenvalue weighted by Crippen LogP contribution is -2.24. The number of benzene rings is 3. The van der Waals surface area contributed by atoms with Crippen molar-refractivity contribution in [2.75, 3.05) is 5.32 Å². The lowest BCUT2D eigenvalue weighted by Gasteiger charge is -2.21. The Morgan fingerprint density at radius 2 is 1.77 bits per heavy atom. The van der Waals surface area contributed by atoms with E-state index in [1.807, 2.05) is 63.4 Å². The molecule has 0 atom stereocenters. The fourth-order valence-electron chi connectivity index (χ4n) is 3.35. The summed E-state index contributed by atoms with van der Waals surface area (Å²) < 4.78 is 18.9. The molecule has 0 unspecified atom stereocenters. The van der Waals surface area contributed by atoms with E-state index in [1.54, 1.807) is 18.2 Å². The number of esters is 1. The van der Waals surface area contributed by atoms with Crippen LogP contribution in [-0.4, -0.2) is 16.6 Å². The maximum Gasteiger partial charge on any atom is 0.340 e. The van der Waals surface area contributed by atoms with Gasteiger partial charge >= 0.3 is 5.97 Å². The Kier molecular flexibility index (Phi) is 5.04. The number of aromatic nitrogens is 1. The molecule has 0 fully saturated rings. The Morgan fingerprint density at radius 3 is 2.50 bits per heavy atom. The molecule has 0 saturated heterocycles. The van der Waals surface area contributed by atoms with Crippen LogP contribution < -0.4 is 5.32 Å². The SMILES string of the molecule is CC(C)(C)OC(=O)c1ccc(-c2cccc3[nH]ccc23)cc1Nc1ccc(F)cc1. The summed E-state index contributed by atoms with van der Waals surface area (Å²) in [6, 6.07) is 19.7. The molecule has 0 aliphatic heterocycles. The number of aromatic amines is 1. The molecule has 4 rings (SSSR count). The maximum atomic E-state index is 13.3. The molecule has 0 radical (unpaired) electrons. The van der Waals surface area contributed by atoms with Crippen molar-refractivity contribution in [3.05, 3.63) is 84.3 Å². The van der Waals surface area contributed by atoms with Crippen LogP contribution >= 0.6 is 0 Å². The molecule has 4 nitrogen and oxygen atoms in total. The number of hydrogen-bond acceptors (Lipinski definition) is 3. The molecule has 30 heavy (non-hydrogen) atoms. The van der Waals surface area contributed by atoms with Gasteiger partial charge in [-0.05, 0) is 80.4 Å². The summed E-state index contributed by atoms with van der Waals surface area (Å²) in [6.45, 7) is 5.50. The van der Waals surface area contributed by atoms with E-state index in [0.29, 0.717) is 16.9 Å². The number of hydrogen-bond donors (Lipinski definition) is 2. The van der Waals surface area contributed by atoms with E-state index in [4.69, 9.17) is 4.74 Å². The number of carbonyl (C=O) groups excluding carboxylic acids is 1. The normalized spacial score (nSPS) is 11.5. The first-order valence-electron chi connectivity index (χ1n) is 9.77. The third-order valence-corrected chi connectivity index (χ3v) is 4.67. The number of anilines is 2. The van der Waals surface area contributed by atoms with Crippen LogP contribution in [0.5, 0.6) is 0 Å². The van der Waals surface area contributed by atoms with Crippen LogP contribution in [0.2, 0.25) is 0 Å². The van der Waals surface area contributed by atoms with Gasteiger partial charge in [0.15, 0.2) is 0 Å². The number of carbonyl (C=O) groups is 1. The van der Waals surface area contributed by atoms with Gasteiger partial charge in [0.05, 0.1) is 11.3 Å². The predicted octanol–water partition coefficient (Wildman–Crippen LogP) is 6.67. The Bertz CT molecular complexity index is 1200. The fourth-order valence-corrected chi connectivity index (χ4v) is 3.35. The number of nitrogens with one attached hydrogen (secondary N) is 2. The Morgan fingerprint density at radius 1 is 1.00 bits per heavy atom. The predicted molar refractivity (Wildman–Crippen MR) is 119 cm³/mol. The highest BCUT2D eigenvalue weighted by atomic mass is 19.1. The highest BCUT2D eigenvalue weighted by molar-refractivity contribution is 6.00. The smallest absolute Gasteiger partial charge is 0.340 e. The van der Waals surface area contributed by atoms with Gasteiger partial charge in [0, 0.05) is 22.8 Å². The molecule has 0 saturated carbocycles. The second kappa shape index (κ2) is 7.67. The molecule has 5 heteroatoms. The molecular weight excluding hydrogens is 379 g/mol. The second-order valence-corrected chi connectivity index (χ2v) is 8.14. The van der Waals surface area contributed by atoms with Crippen molar-refractivity contribution >= 4 is 28.2 Å². The van der Waals surface area contributed by atoms with E-state index in [0.717, 1.165) is 22.0 Å². The lowest BCUT2D eigenvalue weighted by atomic mass is 9.99. The molecule has 1 aromatic heterocycles. The first-order chi connectivity index (χ1) is 14.3. The molecule has 0 bridgehead atoms. The van der Waals surface area contributed by atoms with E-state index in [9.17, 15) is 9.18 Å². The van der Waals surface area contributed by atoms with Crippen molar-refractivity contribution in [2.45, 2.75) is 26.4 Å². The third kappa shape index (κ3) is 4.20. The van der Waals surface area contributed by atoms with Crippen LogP contribution in [0.3, 0.4) is 0 Å². The number of ether oxygens (including phenoxy) is 1. The van der Waals surface area contributed by atoms with Gasteiger partial charge in [0.2, 0.25) is 0 Å². The largest absolute Gasteiger partial charge is 0.456 e. The van der Waals surface area contributed by atoms with E-state index in [2.05, 4.69) is 10.3 Å². The number of rotatable bonds is 4. The van der Waals surface area contributed by atoms with Crippen LogP contribution in [0.15, 0.2) is 72.9 Å². The summed E-state index contributed by atoms with van der Waals surface area (Å²) in [6.07, 6.45) is 1.90. The van der Waals surface area contributed by atoms with Crippen molar-refractivity contribution < 1.29 is 13.9 Å². The summed E-state index contributed by atoms with van der Waals surface area (Å²) in [7, 11) is 0. The second-order valence-electron chi connectivity index (χ2n) is 8.14. The fraction of sp³-hybridized carbons (Fsp3) is 0.160. The van der Waals surface area contributed by atoms with Gasteiger partial charge in [-0.25, -0.2) is 9.18 Å².